The maximum absolute atomic E-state index is 13.6. The van der Waals surface area contributed by atoms with Crippen molar-refractivity contribution in [3.8, 4) is 0 Å². The molecule has 1 saturated heterocycles. The summed E-state index contributed by atoms with van der Waals surface area (Å²) >= 11 is 2.09. The minimum absolute atomic E-state index is 0.164. The van der Waals surface area contributed by atoms with Gasteiger partial charge in [-0.3, -0.25) is 19.3 Å². The summed E-state index contributed by atoms with van der Waals surface area (Å²) in [4.78, 5) is 38.1. The van der Waals surface area contributed by atoms with Gasteiger partial charge in [-0.25, -0.2) is 13.2 Å². The van der Waals surface area contributed by atoms with Crippen LogP contribution in [0.5, 0.6) is 0 Å². The minimum Gasteiger partial charge on any atom is -0.322 e. The molecule has 2 aromatic rings. The van der Waals surface area contributed by atoms with Crippen molar-refractivity contribution in [1.29, 1.82) is 0 Å². The SMILES string of the molecule is Cc1ccsc1/C=C1/SC(=O)N(CC(=O)Nc2ccc(F)c(F)c2F)C1=O. The fraction of sp³-hybridized carbons (Fsp3) is 0.118. The summed E-state index contributed by atoms with van der Waals surface area (Å²) in [7, 11) is 0. The van der Waals surface area contributed by atoms with Gasteiger partial charge in [0.25, 0.3) is 11.1 Å². The normalized spacial score (nSPS) is 15.7. The van der Waals surface area contributed by atoms with Gasteiger partial charge in [-0.05, 0) is 53.9 Å². The van der Waals surface area contributed by atoms with Crippen LogP contribution in [-0.2, 0) is 9.59 Å². The molecule has 0 radical (unpaired) electrons. The van der Waals surface area contributed by atoms with Gasteiger partial charge in [-0.1, -0.05) is 0 Å². The summed E-state index contributed by atoms with van der Waals surface area (Å²) in [5.41, 5.74) is 0.356. The number of carbonyl (C=O) groups is 3. The quantitative estimate of drug-likeness (QED) is 0.605. The Morgan fingerprint density at radius 3 is 2.59 bits per heavy atom. The second-order valence-corrected chi connectivity index (χ2v) is 7.45. The van der Waals surface area contributed by atoms with E-state index in [0.717, 1.165) is 16.5 Å². The Labute approximate surface area is 159 Å². The Bertz CT molecular complexity index is 988. The van der Waals surface area contributed by atoms with Crippen molar-refractivity contribution in [3.05, 3.63) is 56.4 Å². The first-order valence-corrected chi connectivity index (χ1v) is 9.20. The highest BCUT2D eigenvalue weighted by atomic mass is 32.2. The largest absolute Gasteiger partial charge is 0.322 e. The van der Waals surface area contributed by atoms with E-state index in [1.54, 1.807) is 6.08 Å². The third-order valence-corrected chi connectivity index (χ3v) is 5.52. The molecule has 3 amide bonds. The monoisotopic (exact) mass is 412 g/mol. The average Bonchev–Trinajstić information content (AvgIpc) is 3.14. The Hall–Kier alpha value is -2.59. The molecular formula is C17H11F3N2O3S2. The van der Waals surface area contributed by atoms with E-state index in [2.05, 4.69) is 0 Å². The lowest BCUT2D eigenvalue weighted by Crippen LogP contribution is -2.36. The van der Waals surface area contributed by atoms with Gasteiger partial charge in [0, 0.05) is 4.88 Å². The maximum atomic E-state index is 13.6. The molecule has 0 spiro atoms. The number of hydrogen-bond donors (Lipinski definition) is 1. The van der Waals surface area contributed by atoms with Crippen LogP contribution in [0.25, 0.3) is 6.08 Å². The van der Waals surface area contributed by atoms with E-state index >= 15 is 0 Å². The Morgan fingerprint density at radius 2 is 1.93 bits per heavy atom. The molecule has 27 heavy (non-hydrogen) atoms. The molecule has 3 rings (SSSR count). The first kappa shape index (κ1) is 19.2. The second-order valence-electron chi connectivity index (χ2n) is 5.51. The third-order valence-electron chi connectivity index (χ3n) is 3.65. The molecule has 1 fully saturated rings. The fourth-order valence-electron chi connectivity index (χ4n) is 2.24. The molecule has 0 bridgehead atoms. The number of imide groups is 1. The van der Waals surface area contributed by atoms with Crippen molar-refractivity contribution < 1.29 is 27.6 Å². The molecule has 1 aliphatic rings. The zero-order chi connectivity index (χ0) is 19.7. The van der Waals surface area contributed by atoms with E-state index < -0.39 is 46.7 Å². The van der Waals surface area contributed by atoms with Gasteiger partial charge in [-0.15, -0.1) is 11.3 Å². The lowest BCUT2D eigenvalue weighted by atomic mass is 10.2. The summed E-state index contributed by atoms with van der Waals surface area (Å²) in [6.07, 6.45) is 1.57. The molecule has 2 heterocycles. The van der Waals surface area contributed by atoms with E-state index in [1.165, 1.54) is 11.3 Å². The number of thiophene rings is 1. The molecule has 0 aliphatic carbocycles. The average molecular weight is 412 g/mol. The van der Waals surface area contributed by atoms with Crippen molar-refractivity contribution >= 4 is 51.9 Å². The number of amides is 3. The maximum Gasteiger partial charge on any atom is 0.294 e. The van der Waals surface area contributed by atoms with Crippen LogP contribution in [-0.4, -0.2) is 28.5 Å². The summed E-state index contributed by atoms with van der Waals surface area (Å²) in [6, 6.07) is 3.36. The van der Waals surface area contributed by atoms with Crippen molar-refractivity contribution in [2.75, 3.05) is 11.9 Å². The highest BCUT2D eigenvalue weighted by molar-refractivity contribution is 8.18. The van der Waals surface area contributed by atoms with Gasteiger partial charge in [0.2, 0.25) is 5.91 Å². The van der Waals surface area contributed by atoms with Crippen LogP contribution in [0.2, 0.25) is 0 Å². The van der Waals surface area contributed by atoms with Crippen molar-refractivity contribution in [1.82, 2.24) is 4.90 Å². The molecular weight excluding hydrogens is 401 g/mol. The van der Waals surface area contributed by atoms with E-state index in [0.29, 0.717) is 22.7 Å². The first-order chi connectivity index (χ1) is 12.8. The predicted molar refractivity (Wildman–Crippen MR) is 96.7 cm³/mol. The van der Waals surface area contributed by atoms with Crippen molar-refractivity contribution in [3.63, 3.8) is 0 Å². The molecule has 1 aromatic heterocycles. The summed E-state index contributed by atoms with van der Waals surface area (Å²) in [5, 5.41) is 3.21. The number of thioether (sulfide) groups is 1. The molecule has 1 N–H and O–H groups in total. The summed E-state index contributed by atoms with van der Waals surface area (Å²) in [5.74, 6) is -6.27. The molecule has 0 unspecified atom stereocenters. The van der Waals surface area contributed by atoms with Crippen LogP contribution in [0.3, 0.4) is 0 Å². The Balaban J connectivity index is 1.72. The summed E-state index contributed by atoms with van der Waals surface area (Å²) in [6.45, 7) is 1.18. The lowest BCUT2D eigenvalue weighted by Gasteiger charge is -2.13. The van der Waals surface area contributed by atoms with Crippen molar-refractivity contribution in [2.45, 2.75) is 6.92 Å². The van der Waals surface area contributed by atoms with Gasteiger partial charge in [0.05, 0.1) is 10.6 Å². The number of nitrogens with one attached hydrogen (secondary N) is 1. The number of aryl methyl sites for hydroxylation is 1. The van der Waals surface area contributed by atoms with E-state index in [1.807, 2.05) is 23.7 Å². The predicted octanol–water partition coefficient (Wildman–Crippen LogP) is 4.15. The van der Waals surface area contributed by atoms with Crippen LogP contribution < -0.4 is 5.32 Å². The second kappa shape index (κ2) is 7.57. The highest BCUT2D eigenvalue weighted by Crippen LogP contribution is 2.33. The van der Waals surface area contributed by atoms with Gasteiger partial charge >= 0.3 is 0 Å². The molecule has 10 heteroatoms. The number of hydrogen-bond acceptors (Lipinski definition) is 5. The molecule has 5 nitrogen and oxygen atoms in total. The first-order valence-electron chi connectivity index (χ1n) is 7.50. The molecule has 0 atom stereocenters. The minimum atomic E-state index is -1.73. The fourth-order valence-corrected chi connectivity index (χ4v) is 4.00. The van der Waals surface area contributed by atoms with Gasteiger partial charge in [-0.2, -0.15) is 0 Å². The van der Waals surface area contributed by atoms with E-state index in [4.69, 9.17) is 0 Å². The van der Waals surface area contributed by atoms with E-state index in [-0.39, 0.29) is 4.91 Å². The highest BCUT2D eigenvalue weighted by Gasteiger charge is 2.36. The molecule has 140 valence electrons. The van der Waals surface area contributed by atoms with Crippen LogP contribution in [0.4, 0.5) is 23.7 Å². The number of halogens is 3. The third kappa shape index (κ3) is 3.91. The Kier molecular flexibility index (Phi) is 5.38. The van der Waals surface area contributed by atoms with Gasteiger partial charge in [0.15, 0.2) is 17.5 Å². The van der Waals surface area contributed by atoms with Gasteiger partial charge in [0.1, 0.15) is 6.54 Å². The molecule has 1 aliphatic heterocycles. The topological polar surface area (TPSA) is 66.5 Å². The van der Waals surface area contributed by atoms with Crippen molar-refractivity contribution in [2.24, 2.45) is 0 Å². The van der Waals surface area contributed by atoms with Crippen LogP contribution in [0, 0.1) is 24.4 Å². The molecule has 0 saturated carbocycles. The van der Waals surface area contributed by atoms with Crippen LogP contribution >= 0.6 is 23.1 Å². The number of rotatable bonds is 4. The van der Waals surface area contributed by atoms with E-state index in [9.17, 15) is 27.6 Å². The zero-order valence-corrected chi connectivity index (χ0v) is 15.3. The smallest absolute Gasteiger partial charge is 0.294 e. The Morgan fingerprint density at radius 1 is 1.19 bits per heavy atom. The number of carbonyl (C=O) groups excluding carboxylic acids is 3. The van der Waals surface area contributed by atoms with Crippen LogP contribution in [0.15, 0.2) is 28.5 Å². The lowest BCUT2D eigenvalue weighted by molar-refractivity contribution is -0.127. The number of benzene rings is 1. The van der Waals surface area contributed by atoms with Gasteiger partial charge < -0.3 is 5.32 Å². The number of anilines is 1. The standard InChI is InChI=1S/C17H11F3N2O3S2/c1-8-4-5-26-11(8)6-12-16(24)22(17(25)27-12)7-13(23)21-10-3-2-9(18)14(19)15(10)20/h2-6H,7H2,1H3,(H,21,23)/b12-6+. The van der Waals surface area contributed by atoms with Crippen LogP contribution in [0.1, 0.15) is 10.4 Å². The molecule has 1 aromatic carbocycles. The summed E-state index contributed by atoms with van der Waals surface area (Å²) < 4.78 is 39.7. The zero-order valence-electron chi connectivity index (χ0n) is 13.7. The number of nitrogens with zero attached hydrogens (tertiary/aromatic N) is 1.